The fourth-order valence-corrected chi connectivity index (χ4v) is 3.35. The van der Waals surface area contributed by atoms with E-state index in [4.69, 9.17) is 0 Å². The molecular weight excluding hydrogens is 332 g/mol. The Morgan fingerprint density at radius 1 is 0.880 bits per heavy atom. The number of amides is 2. The quantitative estimate of drug-likeness (QED) is 0.406. The van der Waals surface area contributed by atoms with E-state index >= 15 is 0 Å². The number of imide groups is 1. The first-order valence-corrected chi connectivity index (χ1v) is 9.00. The van der Waals surface area contributed by atoms with Gasteiger partial charge in [0.1, 0.15) is 0 Å². The van der Waals surface area contributed by atoms with Gasteiger partial charge in [-0.2, -0.15) is 10.1 Å². The summed E-state index contributed by atoms with van der Waals surface area (Å²) < 4.78 is 0. The smallest absolute Gasteiger partial charge is 0.267 e. The molecule has 0 radical (unpaired) electrons. The van der Waals surface area contributed by atoms with Crippen LogP contribution in [-0.4, -0.2) is 29.3 Å². The van der Waals surface area contributed by atoms with Crippen molar-refractivity contribution >= 4 is 40.6 Å². The van der Waals surface area contributed by atoms with Crippen molar-refractivity contribution in [2.45, 2.75) is 4.90 Å². The average molecular weight is 346 g/mol. The van der Waals surface area contributed by atoms with Gasteiger partial charge in [-0.3, -0.25) is 9.59 Å². The van der Waals surface area contributed by atoms with Gasteiger partial charge >= 0.3 is 0 Å². The van der Waals surface area contributed by atoms with E-state index < -0.39 is 11.8 Å². The molecule has 1 aliphatic heterocycles. The van der Waals surface area contributed by atoms with Gasteiger partial charge in [-0.05, 0) is 41.5 Å². The first kappa shape index (κ1) is 15.6. The topological polar surface area (TPSA) is 49.7 Å². The third kappa shape index (κ3) is 2.62. The zero-order chi connectivity index (χ0) is 17.4. The lowest BCUT2D eigenvalue weighted by Gasteiger charge is -2.22. The first-order chi connectivity index (χ1) is 12.2. The lowest BCUT2D eigenvalue weighted by Crippen LogP contribution is -2.36. The van der Waals surface area contributed by atoms with E-state index in [9.17, 15) is 9.59 Å². The van der Waals surface area contributed by atoms with Crippen molar-refractivity contribution < 1.29 is 9.59 Å². The number of thioether (sulfide) groups is 1. The molecule has 0 N–H and O–H groups in total. The molecule has 25 heavy (non-hydrogen) atoms. The Kier molecular flexibility index (Phi) is 3.86. The van der Waals surface area contributed by atoms with Crippen LogP contribution in [0.3, 0.4) is 0 Å². The second-order valence-electron chi connectivity index (χ2n) is 5.65. The molecule has 0 saturated heterocycles. The van der Waals surface area contributed by atoms with Crippen molar-refractivity contribution in [3.8, 4) is 0 Å². The van der Waals surface area contributed by atoms with Gasteiger partial charge in [0.15, 0.2) is 0 Å². The summed E-state index contributed by atoms with van der Waals surface area (Å²) in [5, 5.41) is 6.69. The van der Waals surface area contributed by atoms with E-state index in [1.165, 1.54) is 6.21 Å². The van der Waals surface area contributed by atoms with Gasteiger partial charge in [0.25, 0.3) is 11.8 Å². The highest BCUT2D eigenvalue weighted by Gasteiger charge is 2.32. The number of rotatable bonds is 3. The molecule has 0 aromatic heterocycles. The van der Waals surface area contributed by atoms with Crippen LogP contribution in [0.25, 0.3) is 10.8 Å². The van der Waals surface area contributed by atoms with Crippen LogP contribution in [0.5, 0.6) is 0 Å². The summed E-state index contributed by atoms with van der Waals surface area (Å²) in [7, 11) is 0. The van der Waals surface area contributed by atoms with E-state index in [1.807, 2.05) is 54.8 Å². The van der Waals surface area contributed by atoms with Gasteiger partial charge < -0.3 is 0 Å². The minimum atomic E-state index is -0.397. The summed E-state index contributed by atoms with van der Waals surface area (Å²) in [5.74, 6) is -0.794. The van der Waals surface area contributed by atoms with Crippen LogP contribution in [0.2, 0.25) is 0 Å². The molecule has 0 atom stereocenters. The van der Waals surface area contributed by atoms with Gasteiger partial charge in [-0.15, -0.1) is 11.8 Å². The normalized spacial score (nSPS) is 13.9. The number of hydrogen-bond donors (Lipinski definition) is 0. The fraction of sp³-hybridized carbons (Fsp3) is 0.0500. The highest BCUT2D eigenvalue weighted by atomic mass is 32.2. The summed E-state index contributed by atoms with van der Waals surface area (Å²) in [6, 6.07) is 18.7. The molecule has 0 fully saturated rings. The third-order valence-electron chi connectivity index (χ3n) is 4.19. The predicted molar refractivity (Wildman–Crippen MR) is 100 cm³/mol. The highest BCUT2D eigenvalue weighted by Crippen LogP contribution is 2.30. The predicted octanol–water partition coefficient (Wildman–Crippen LogP) is 4.19. The van der Waals surface area contributed by atoms with Crippen LogP contribution >= 0.6 is 11.8 Å². The first-order valence-electron chi connectivity index (χ1n) is 7.77. The summed E-state index contributed by atoms with van der Waals surface area (Å²) in [4.78, 5) is 26.6. The second kappa shape index (κ2) is 6.18. The molecule has 1 heterocycles. The van der Waals surface area contributed by atoms with Crippen molar-refractivity contribution in [3.63, 3.8) is 0 Å². The van der Waals surface area contributed by atoms with Crippen LogP contribution in [0.15, 0.2) is 70.7 Å². The Balaban J connectivity index is 1.73. The molecule has 4 nitrogen and oxygen atoms in total. The van der Waals surface area contributed by atoms with E-state index in [0.29, 0.717) is 16.5 Å². The lowest BCUT2D eigenvalue weighted by molar-refractivity contribution is 0.0616. The molecule has 122 valence electrons. The maximum Gasteiger partial charge on any atom is 0.282 e. The van der Waals surface area contributed by atoms with Crippen LogP contribution in [0.4, 0.5) is 0 Å². The minimum absolute atomic E-state index is 0.397. The summed E-state index contributed by atoms with van der Waals surface area (Å²) in [6.45, 7) is 0. The minimum Gasteiger partial charge on any atom is -0.267 e. The van der Waals surface area contributed by atoms with Crippen LogP contribution in [0, 0.1) is 0 Å². The molecule has 0 spiro atoms. The zero-order valence-corrected chi connectivity index (χ0v) is 14.3. The Morgan fingerprint density at radius 3 is 2.04 bits per heavy atom. The largest absolute Gasteiger partial charge is 0.282 e. The molecule has 3 aromatic rings. The molecule has 0 bridgehead atoms. The van der Waals surface area contributed by atoms with E-state index in [0.717, 1.165) is 20.9 Å². The highest BCUT2D eigenvalue weighted by molar-refractivity contribution is 7.98. The Hall–Kier alpha value is -2.92. The number of hydrogen-bond acceptors (Lipinski definition) is 4. The molecule has 0 aliphatic carbocycles. The average Bonchev–Trinajstić information content (AvgIpc) is 2.66. The van der Waals surface area contributed by atoms with Gasteiger partial charge in [0, 0.05) is 10.3 Å². The second-order valence-corrected chi connectivity index (χ2v) is 6.53. The summed E-state index contributed by atoms with van der Waals surface area (Å²) >= 11 is 1.65. The van der Waals surface area contributed by atoms with E-state index in [1.54, 1.807) is 23.9 Å². The molecule has 1 aliphatic rings. The summed E-state index contributed by atoms with van der Waals surface area (Å²) in [6.07, 6.45) is 3.54. The van der Waals surface area contributed by atoms with Crippen LogP contribution < -0.4 is 0 Å². The van der Waals surface area contributed by atoms with Crippen molar-refractivity contribution in [1.82, 2.24) is 5.01 Å². The van der Waals surface area contributed by atoms with Crippen molar-refractivity contribution in [2.24, 2.45) is 5.10 Å². The lowest BCUT2D eigenvalue weighted by atomic mass is 9.95. The van der Waals surface area contributed by atoms with Crippen molar-refractivity contribution in [1.29, 1.82) is 0 Å². The SMILES string of the molecule is CSc1ccc(/C=N\N2C(=O)c3cccc4cccc(c34)C2=O)cc1. The molecule has 0 unspecified atom stereocenters. The Bertz CT molecular complexity index is 975. The number of nitrogens with zero attached hydrogens (tertiary/aromatic N) is 2. The maximum atomic E-state index is 12.7. The zero-order valence-electron chi connectivity index (χ0n) is 13.5. The Labute approximate surface area is 149 Å². The molecular formula is C20H14N2O2S. The van der Waals surface area contributed by atoms with Gasteiger partial charge in [-0.1, -0.05) is 36.4 Å². The Morgan fingerprint density at radius 2 is 1.48 bits per heavy atom. The number of hydrazone groups is 1. The maximum absolute atomic E-state index is 12.7. The van der Waals surface area contributed by atoms with Gasteiger partial charge in [0.05, 0.1) is 17.3 Å². The summed E-state index contributed by atoms with van der Waals surface area (Å²) in [5.41, 5.74) is 1.83. The van der Waals surface area contributed by atoms with Crippen molar-refractivity contribution in [2.75, 3.05) is 6.26 Å². The molecule has 0 saturated carbocycles. The van der Waals surface area contributed by atoms with E-state index in [-0.39, 0.29) is 0 Å². The third-order valence-corrected chi connectivity index (χ3v) is 4.93. The standard InChI is InChI=1S/C20H14N2O2S/c1-25-15-10-8-13(9-11-15)12-21-22-19(23)16-6-2-4-14-5-3-7-17(18(14)16)20(22)24/h2-12H,1H3/b21-12-. The molecule has 5 heteroatoms. The monoisotopic (exact) mass is 346 g/mol. The van der Waals surface area contributed by atoms with Gasteiger partial charge in [0.2, 0.25) is 0 Å². The van der Waals surface area contributed by atoms with Crippen LogP contribution in [0.1, 0.15) is 26.3 Å². The number of carbonyl (C=O) groups excluding carboxylic acids is 2. The fourth-order valence-electron chi connectivity index (χ4n) is 2.94. The molecule has 4 rings (SSSR count). The van der Waals surface area contributed by atoms with Crippen molar-refractivity contribution in [3.05, 3.63) is 77.4 Å². The van der Waals surface area contributed by atoms with Gasteiger partial charge in [-0.25, -0.2) is 0 Å². The van der Waals surface area contributed by atoms with E-state index in [2.05, 4.69) is 5.10 Å². The van der Waals surface area contributed by atoms with Crippen LogP contribution in [-0.2, 0) is 0 Å². The molecule has 3 aromatic carbocycles. The number of carbonyl (C=O) groups is 2. The number of benzene rings is 3. The molecule has 2 amide bonds.